The van der Waals surface area contributed by atoms with E-state index in [1.54, 1.807) is 0 Å². The summed E-state index contributed by atoms with van der Waals surface area (Å²) in [5, 5.41) is 13.7. The van der Waals surface area contributed by atoms with Gasteiger partial charge in [-0.05, 0) is 18.1 Å². The highest BCUT2D eigenvalue weighted by Crippen LogP contribution is 2.20. The van der Waals surface area contributed by atoms with Gasteiger partial charge < -0.3 is 10.3 Å². The molecule has 6 heteroatoms. The first-order valence-electron chi connectivity index (χ1n) is 7.93. The molecular formula is C17H20N4OS. The van der Waals surface area contributed by atoms with E-state index in [9.17, 15) is 4.79 Å². The highest BCUT2D eigenvalue weighted by Gasteiger charge is 2.11. The maximum atomic E-state index is 12.2. The van der Waals surface area contributed by atoms with Crippen LogP contribution in [0.5, 0.6) is 0 Å². The minimum absolute atomic E-state index is 0.0639. The van der Waals surface area contributed by atoms with Crippen molar-refractivity contribution in [2.45, 2.75) is 39.0 Å². The Bertz CT molecular complexity index is 793. The van der Waals surface area contributed by atoms with Gasteiger partial charge in [0.15, 0.2) is 0 Å². The minimum Gasteiger partial charge on any atom is -0.361 e. The SMILES string of the molecule is CCCCCc1nnc(NC(=O)Cc2c[nH]c3ccccc23)s1. The van der Waals surface area contributed by atoms with Crippen LogP contribution in [0, 0.1) is 0 Å². The van der Waals surface area contributed by atoms with Crippen LogP contribution < -0.4 is 5.32 Å². The maximum Gasteiger partial charge on any atom is 0.230 e. The van der Waals surface area contributed by atoms with Crippen molar-refractivity contribution < 1.29 is 4.79 Å². The monoisotopic (exact) mass is 328 g/mol. The maximum absolute atomic E-state index is 12.2. The number of para-hydroxylation sites is 1. The van der Waals surface area contributed by atoms with Gasteiger partial charge in [-0.25, -0.2) is 0 Å². The zero-order valence-electron chi connectivity index (χ0n) is 13.1. The molecule has 1 amide bonds. The van der Waals surface area contributed by atoms with Gasteiger partial charge >= 0.3 is 0 Å². The van der Waals surface area contributed by atoms with Crippen LogP contribution in [-0.2, 0) is 17.6 Å². The van der Waals surface area contributed by atoms with Crippen molar-refractivity contribution in [1.82, 2.24) is 15.2 Å². The number of anilines is 1. The lowest BCUT2D eigenvalue weighted by Crippen LogP contribution is -2.14. The summed E-state index contributed by atoms with van der Waals surface area (Å²) < 4.78 is 0. The Labute approximate surface area is 139 Å². The molecule has 0 unspecified atom stereocenters. The van der Waals surface area contributed by atoms with E-state index >= 15 is 0 Å². The Balaban J connectivity index is 1.59. The molecule has 0 fully saturated rings. The molecule has 120 valence electrons. The summed E-state index contributed by atoms with van der Waals surface area (Å²) in [6, 6.07) is 7.98. The number of aromatic amines is 1. The summed E-state index contributed by atoms with van der Waals surface area (Å²) in [6.45, 7) is 2.18. The van der Waals surface area contributed by atoms with Gasteiger partial charge in [-0.2, -0.15) is 0 Å². The second-order valence-electron chi connectivity index (χ2n) is 5.54. The summed E-state index contributed by atoms with van der Waals surface area (Å²) in [5.74, 6) is -0.0639. The van der Waals surface area contributed by atoms with Crippen LogP contribution in [-0.4, -0.2) is 21.1 Å². The van der Waals surface area contributed by atoms with Crippen LogP contribution in [0.1, 0.15) is 36.8 Å². The molecule has 2 aromatic heterocycles. The molecule has 0 aliphatic rings. The fraction of sp³-hybridized carbons (Fsp3) is 0.353. The highest BCUT2D eigenvalue weighted by molar-refractivity contribution is 7.15. The van der Waals surface area contributed by atoms with Crippen LogP contribution in [0.25, 0.3) is 10.9 Å². The fourth-order valence-electron chi connectivity index (χ4n) is 2.55. The molecule has 0 aliphatic carbocycles. The zero-order valence-corrected chi connectivity index (χ0v) is 13.9. The van der Waals surface area contributed by atoms with Gasteiger partial charge in [0.05, 0.1) is 6.42 Å². The van der Waals surface area contributed by atoms with Gasteiger partial charge in [0.25, 0.3) is 0 Å². The topological polar surface area (TPSA) is 70.7 Å². The van der Waals surface area contributed by atoms with Gasteiger partial charge in [-0.3, -0.25) is 4.79 Å². The Morgan fingerprint density at radius 2 is 2.13 bits per heavy atom. The Morgan fingerprint density at radius 1 is 1.26 bits per heavy atom. The van der Waals surface area contributed by atoms with Crippen LogP contribution in [0.4, 0.5) is 5.13 Å². The number of amides is 1. The molecule has 0 bridgehead atoms. The van der Waals surface area contributed by atoms with Gasteiger partial charge in [-0.15, -0.1) is 10.2 Å². The molecule has 3 aromatic rings. The molecule has 3 rings (SSSR count). The number of rotatable bonds is 7. The van der Waals surface area contributed by atoms with E-state index in [0.29, 0.717) is 11.6 Å². The zero-order chi connectivity index (χ0) is 16.1. The number of hydrogen-bond acceptors (Lipinski definition) is 4. The van der Waals surface area contributed by atoms with Crippen molar-refractivity contribution in [2.24, 2.45) is 0 Å². The molecule has 2 heterocycles. The van der Waals surface area contributed by atoms with E-state index < -0.39 is 0 Å². The number of aryl methyl sites for hydroxylation is 1. The standard InChI is InChI=1S/C17H20N4OS/c1-2-3-4-9-16-20-21-17(23-16)19-15(22)10-12-11-18-14-8-6-5-7-13(12)14/h5-8,11,18H,2-4,9-10H2,1H3,(H,19,21,22). The number of aromatic nitrogens is 3. The predicted molar refractivity (Wildman–Crippen MR) is 93.8 cm³/mol. The summed E-state index contributed by atoms with van der Waals surface area (Å²) in [6.07, 6.45) is 6.66. The smallest absolute Gasteiger partial charge is 0.230 e. The van der Waals surface area contributed by atoms with Crippen molar-refractivity contribution in [1.29, 1.82) is 0 Å². The van der Waals surface area contributed by atoms with Crippen molar-refractivity contribution in [3.63, 3.8) is 0 Å². The van der Waals surface area contributed by atoms with Gasteiger partial charge in [0.1, 0.15) is 5.01 Å². The summed E-state index contributed by atoms with van der Waals surface area (Å²) in [4.78, 5) is 15.4. The summed E-state index contributed by atoms with van der Waals surface area (Å²) >= 11 is 1.47. The molecule has 23 heavy (non-hydrogen) atoms. The fourth-order valence-corrected chi connectivity index (χ4v) is 3.34. The van der Waals surface area contributed by atoms with Gasteiger partial charge in [-0.1, -0.05) is 49.3 Å². The van der Waals surface area contributed by atoms with E-state index in [-0.39, 0.29) is 5.91 Å². The molecule has 2 N–H and O–H groups in total. The Morgan fingerprint density at radius 3 is 3.00 bits per heavy atom. The number of benzene rings is 1. The van der Waals surface area contributed by atoms with Gasteiger partial charge in [0.2, 0.25) is 11.0 Å². The number of carbonyl (C=O) groups excluding carboxylic acids is 1. The first kappa shape index (κ1) is 15.7. The lowest BCUT2D eigenvalue weighted by Gasteiger charge is -2.00. The van der Waals surface area contributed by atoms with Crippen LogP contribution in [0.3, 0.4) is 0 Å². The number of H-pyrrole nitrogens is 1. The summed E-state index contributed by atoms with van der Waals surface area (Å²) in [7, 11) is 0. The molecule has 1 aromatic carbocycles. The first-order valence-corrected chi connectivity index (χ1v) is 8.75. The van der Waals surface area contributed by atoms with Crippen molar-refractivity contribution >= 4 is 33.3 Å². The number of fused-ring (bicyclic) bond motifs is 1. The lowest BCUT2D eigenvalue weighted by molar-refractivity contribution is -0.115. The second-order valence-corrected chi connectivity index (χ2v) is 6.60. The third-order valence-corrected chi connectivity index (χ3v) is 4.63. The number of hydrogen-bond donors (Lipinski definition) is 2. The normalized spacial score (nSPS) is 11.0. The molecule has 0 radical (unpaired) electrons. The van der Waals surface area contributed by atoms with Crippen molar-refractivity contribution in [3.05, 3.63) is 41.0 Å². The van der Waals surface area contributed by atoms with Crippen molar-refractivity contribution in [3.8, 4) is 0 Å². The molecule has 0 saturated carbocycles. The number of nitrogens with zero attached hydrogens (tertiary/aromatic N) is 2. The average molecular weight is 328 g/mol. The Hall–Kier alpha value is -2.21. The van der Waals surface area contributed by atoms with Crippen LogP contribution in [0.15, 0.2) is 30.5 Å². The average Bonchev–Trinajstić information content (AvgIpc) is 3.15. The van der Waals surface area contributed by atoms with E-state index in [1.165, 1.54) is 24.2 Å². The van der Waals surface area contributed by atoms with Crippen LogP contribution in [0.2, 0.25) is 0 Å². The molecule has 0 aliphatic heterocycles. The molecular weight excluding hydrogens is 308 g/mol. The number of nitrogens with one attached hydrogen (secondary N) is 2. The molecule has 5 nitrogen and oxygen atoms in total. The van der Waals surface area contributed by atoms with E-state index in [4.69, 9.17) is 0 Å². The largest absolute Gasteiger partial charge is 0.361 e. The number of carbonyl (C=O) groups is 1. The van der Waals surface area contributed by atoms with Gasteiger partial charge in [0, 0.05) is 23.5 Å². The predicted octanol–water partition coefficient (Wildman–Crippen LogP) is 3.93. The van der Waals surface area contributed by atoms with E-state index in [2.05, 4.69) is 27.4 Å². The summed E-state index contributed by atoms with van der Waals surface area (Å²) in [5.41, 5.74) is 2.04. The van der Waals surface area contributed by atoms with Crippen molar-refractivity contribution in [2.75, 3.05) is 5.32 Å². The molecule has 0 atom stereocenters. The van der Waals surface area contributed by atoms with E-state index in [0.717, 1.165) is 34.3 Å². The van der Waals surface area contributed by atoms with Crippen LogP contribution >= 0.6 is 11.3 Å². The number of unbranched alkanes of at least 4 members (excludes halogenated alkanes) is 2. The molecule has 0 saturated heterocycles. The lowest BCUT2D eigenvalue weighted by atomic mass is 10.1. The minimum atomic E-state index is -0.0639. The first-order chi connectivity index (χ1) is 11.3. The molecule has 0 spiro atoms. The second kappa shape index (κ2) is 7.37. The third kappa shape index (κ3) is 3.96. The highest BCUT2D eigenvalue weighted by atomic mass is 32.1. The third-order valence-electron chi connectivity index (χ3n) is 3.73. The van der Waals surface area contributed by atoms with E-state index in [1.807, 2.05) is 30.5 Å². The quantitative estimate of drug-likeness (QED) is 0.646. The Kier molecular flexibility index (Phi) is 5.02.